The van der Waals surface area contributed by atoms with E-state index in [9.17, 15) is 14.7 Å². The van der Waals surface area contributed by atoms with Gasteiger partial charge in [-0.15, -0.1) is 0 Å². The maximum atomic E-state index is 12.5. The molecule has 0 spiro atoms. The van der Waals surface area contributed by atoms with Gasteiger partial charge in [-0.2, -0.15) is 5.10 Å². The lowest BCUT2D eigenvalue weighted by Gasteiger charge is -2.21. The lowest BCUT2D eigenvalue weighted by atomic mass is 10.1. The van der Waals surface area contributed by atoms with Crippen LogP contribution in [0.25, 0.3) is 0 Å². The van der Waals surface area contributed by atoms with E-state index in [1.165, 1.54) is 6.20 Å². The zero-order valence-electron chi connectivity index (χ0n) is 13.7. The minimum absolute atomic E-state index is 0.256. The van der Waals surface area contributed by atoms with E-state index in [0.29, 0.717) is 16.8 Å². The van der Waals surface area contributed by atoms with E-state index in [4.69, 9.17) is 0 Å². The van der Waals surface area contributed by atoms with Gasteiger partial charge in [0.05, 0.1) is 17.3 Å². The second kappa shape index (κ2) is 6.24. The minimum atomic E-state index is -1.11. The van der Waals surface area contributed by atoms with Gasteiger partial charge in [0.1, 0.15) is 0 Å². The lowest BCUT2D eigenvalue weighted by molar-refractivity contribution is -0.139. The molecule has 1 heterocycles. The first-order valence-electron chi connectivity index (χ1n) is 7.35. The molecule has 0 fully saturated rings. The molecule has 0 aliphatic rings. The molecule has 0 aliphatic carbocycles. The van der Waals surface area contributed by atoms with E-state index in [-0.39, 0.29) is 5.54 Å². The van der Waals surface area contributed by atoms with Crippen molar-refractivity contribution in [3.05, 3.63) is 53.3 Å². The molecule has 1 atom stereocenters. The first-order valence-corrected chi connectivity index (χ1v) is 7.35. The lowest BCUT2D eigenvalue weighted by Crippen LogP contribution is -2.34. The predicted molar refractivity (Wildman–Crippen MR) is 86.2 cm³/mol. The highest BCUT2D eigenvalue weighted by Gasteiger charge is 2.26. The van der Waals surface area contributed by atoms with Gasteiger partial charge in [-0.3, -0.25) is 9.48 Å². The monoisotopic (exact) mass is 315 g/mol. The SMILES string of the molecule is Cc1c(C(=O)NC(C(=O)O)c2ccccc2)cnn1C(C)(C)C. The van der Waals surface area contributed by atoms with Gasteiger partial charge < -0.3 is 10.4 Å². The van der Waals surface area contributed by atoms with E-state index in [1.54, 1.807) is 41.9 Å². The number of nitrogens with zero attached hydrogens (tertiary/aromatic N) is 2. The molecule has 0 aliphatic heterocycles. The first-order chi connectivity index (χ1) is 10.7. The number of aliphatic carboxylic acids is 1. The van der Waals surface area contributed by atoms with Crippen molar-refractivity contribution in [3.63, 3.8) is 0 Å². The van der Waals surface area contributed by atoms with Gasteiger partial charge in [-0.25, -0.2) is 4.79 Å². The van der Waals surface area contributed by atoms with Crippen LogP contribution in [0.15, 0.2) is 36.5 Å². The second-order valence-electron chi connectivity index (χ2n) is 6.38. The third-order valence-electron chi connectivity index (χ3n) is 3.55. The summed E-state index contributed by atoms with van der Waals surface area (Å²) < 4.78 is 1.75. The molecule has 0 saturated carbocycles. The van der Waals surface area contributed by atoms with Crippen molar-refractivity contribution in [1.29, 1.82) is 0 Å². The van der Waals surface area contributed by atoms with Crippen LogP contribution in [0.2, 0.25) is 0 Å². The van der Waals surface area contributed by atoms with Crippen molar-refractivity contribution in [2.45, 2.75) is 39.3 Å². The molecule has 1 unspecified atom stereocenters. The summed E-state index contributed by atoms with van der Waals surface area (Å²) in [7, 11) is 0. The molecule has 1 amide bonds. The first kappa shape index (κ1) is 16.7. The summed E-state index contributed by atoms with van der Waals surface area (Å²) in [5, 5.41) is 16.2. The van der Waals surface area contributed by atoms with Gasteiger partial charge in [-0.1, -0.05) is 30.3 Å². The third kappa shape index (κ3) is 3.59. The highest BCUT2D eigenvalue weighted by molar-refractivity contribution is 5.97. The minimum Gasteiger partial charge on any atom is -0.479 e. The fourth-order valence-corrected chi connectivity index (χ4v) is 2.45. The van der Waals surface area contributed by atoms with Crippen LogP contribution in [0.3, 0.4) is 0 Å². The number of amides is 1. The number of aromatic nitrogens is 2. The summed E-state index contributed by atoms with van der Waals surface area (Å²) >= 11 is 0. The predicted octanol–water partition coefficient (Wildman–Crippen LogP) is 2.50. The molecular formula is C17H21N3O3. The third-order valence-corrected chi connectivity index (χ3v) is 3.55. The molecule has 6 nitrogen and oxygen atoms in total. The van der Waals surface area contributed by atoms with Crippen molar-refractivity contribution in [1.82, 2.24) is 15.1 Å². The Morgan fingerprint density at radius 2 is 1.83 bits per heavy atom. The van der Waals surface area contributed by atoms with Crippen molar-refractivity contribution in [2.75, 3.05) is 0 Å². The molecule has 2 rings (SSSR count). The molecule has 1 aromatic heterocycles. The van der Waals surface area contributed by atoms with Crippen LogP contribution in [-0.2, 0) is 10.3 Å². The number of carboxylic acid groups (broad SMARTS) is 1. The van der Waals surface area contributed by atoms with Gasteiger partial charge in [0.25, 0.3) is 5.91 Å². The molecule has 0 radical (unpaired) electrons. The molecule has 6 heteroatoms. The topological polar surface area (TPSA) is 84.2 Å². The van der Waals surface area contributed by atoms with Crippen LogP contribution >= 0.6 is 0 Å². The fraction of sp³-hybridized carbons (Fsp3) is 0.353. The van der Waals surface area contributed by atoms with Crippen molar-refractivity contribution >= 4 is 11.9 Å². The summed E-state index contributed by atoms with van der Waals surface area (Å²) in [6.45, 7) is 7.75. The highest BCUT2D eigenvalue weighted by atomic mass is 16.4. The van der Waals surface area contributed by atoms with Crippen molar-refractivity contribution in [2.24, 2.45) is 0 Å². The van der Waals surface area contributed by atoms with E-state index in [0.717, 1.165) is 0 Å². The molecule has 122 valence electrons. The number of nitrogens with one attached hydrogen (secondary N) is 1. The number of carboxylic acids is 1. The van der Waals surface area contributed by atoms with E-state index in [2.05, 4.69) is 10.4 Å². The standard InChI is InChI=1S/C17H21N3O3/c1-11-13(10-18-20(11)17(2,3)4)15(21)19-14(16(22)23)12-8-6-5-7-9-12/h5-10,14H,1-4H3,(H,19,21)(H,22,23). The van der Waals surface area contributed by atoms with E-state index < -0.39 is 17.9 Å². The largest absolute Gasteiger partial charge is 0.479 e. The number of hydrogen-bond donors (Lipinski definition) is 2. The number of rotatable bonds is 4. The Morgan fingerprint density at radius 3 is 2.30 bits per heavy atom. The number of carbonyl (C=O) groups excluding carboxylic acids is 1. The smallest absolute Gasteiger partial charge is 0.330 e. The molecule has 1 aromatic carbocycles. The molecule has 0 saturated heterocycles. The van der Waals surface area contributed by atoms with Gasteiger partial charge in [0.15, 0.2) is 6.04 Å². The Bertz CT molecular complexity index is 714. The molecule has 2 N–H and O–H groups in total. The van der Waals surface area contributed by atoms with Crippen LogP contribution in [0.5, 0.6) is 0 Å². The summed E-state index contributed by atoms with van der Waals surface area (Å²) in [5.74, 6) is -1.56. The molecule has 2 aromatic rings. The van der Waals surface area contributed by atoms with Crippen molar-refractivity contribution in [3.8, 4) is 0 Å². The summed E-state index contributed by atoms with van der Waals surface area (Å²) in [5.41, 5.74) is 1.34. The zero-order valence-corrected chi connectivity index (χ0v) is 13.7. The number of carbonyl (C=O) groups is 2. The highest BCUT2D eigenvalue weighted by Crippen LogP contribution is 2.19. The Labute approximate surface area is 135 Å². The van der Waals surface area contributed by atoms with Crippen LogP contribution < -0.4 is 5.32 Å². The fourth-order valence-electron chi connectivity index (χ4n) is 2.45. The Balaban J connectivity index is 2.27. The summed E-state index contributed by atoms with van der Waals surface area (Å²) in [4.78, 5) is 23.9. The second-order valence-corrected chi connectivity index (χ2v) is 6.38. The van der Waals surface area contributed by atoms with Crippen LogP contribution in [0.1, 0.15) is 48.4 Å². The van der Waals surface area contributed by atoms with E-state index >= 15 is 0 Å². The van der Waals surface area contributed by atoms with Gasteiger partial charge in [-0.05, 0) is 33.3 Å². The maximum Gasteiger partial charge on any atom is 0.330 e. The average Bonchev–Trinajstić information content (AvgIpc) is 2.87. The van der Waals surface area contributed by atoms with E-state index in [1.807, 2.05) is 20.8 Å². The molecule has 23 heavy (non-hydrogen) atoms. The van der Waals surface area contributed by atoms with Crippen LogP contribution in [0.4, 0.5) is 0 Å². The Morgan fingerprint density at radius 1 is 1.22 bits per heavy atom. The Kier molecular flexibility index (Phi) is 4.54. The maximum absolute atomic E-state index is 12.5. The number of benzene rings is 1. The molecular weight excluding hydrogens is 294 g/mol. The van der Waals surface area contributed by atoms with Crippen LogP contribution in [0, 0.1) is 6.92 Å². The Hall–Kier alpha value is -2.63. The van der Waals surface area contributed by atoms with Gasteiger partial charge in [0.2, 0.25) is 0 Å². The van der Waals surface area contributed by atoms with Crippen LogP contribution in [-0.4, -0.2) is 26.8 Å². The molecule has 0 bridgehead atoms. The summed E-state index contributed by atoms with van der Waals surface area (Å²) in [6, 6.07) is 7.51. The van der Waals surface area contributed by atoms with Crippen molar-refractivity contribution < 1.29 is 14.7 Å². The van der Waals surface area contributed by atoms with Gasteiger partial charge in [0, 0.05) is 5.69 Å². The number of hydrogen-bond acceptors (Lipinski definition) is 3. The average molecular weight is 315 g/mol. The zero-order chi connectivity index (χ0) is 17.2. The van der Waals surface area contributed by atoms with Gasteiger partial charge >= 0.3 is 5.97 Å². The quantitative estimate of drug-likeness (QED) is 0.908. The normalized spacial score (nSPS) is 12.7. The summed E-state index contributed by atoms with van der Waals surface area (Å²) in [6.07, 6.45) is 1.47.